The molecule has 0 N–H and O–H groups in total. The first-order valence-electron chi connectivity index (χ1n) is 16.0. The van der Waals surface area contributed by atoms with Crippen LogP contribution in [0.3, 0.4) is 0 Å². The van der Waals surface area contributed by atoms with E-state index in [-0.39, 0.29) is 23.7 Å². The zero-order chi connectivity index (χ0) is 32.4. The molecule has 12 nitrogen and oxygen atoms in total. The van der Waals surface area contributed by atoms with Gasteiger partial charge in [0.25, 0.3) is 0 Å². The van der Waals surface area contributed by atoms with E-state index in [1.54, 1.807) is 18.4 Å². The number of ether oxygens (including phenoxy) is 2. The smallest absolute Gasteiger partial charge is 0.410 e. The highest BCUT2D eigenvalue weighted by atomic mass is 32.1. The number of aliphatic imine (C=N–C) groups is 1. The molecule has 0 unspecified atom stereocenters. The van der Waals surface area contributed by atoms with E-state index in [4.69, 9.17) is 14.5 Å². The third kappa shape index (κ3) is 5.69. The minimum Gasteiger partial charge on any atom is -0.490 e. The third-order valence-electron chi connectivity index (χ3n) is 9.39. The van der Waals surface area contributed by atoms with Gasteiger partial charge in [0.05, 0.1) is 18.9 Å². The fourth-order valence-corrected chi connectivity index (χ4v) is 8.09. The Kier molecular flexibility index (Phi) is 7.49. The summed E-state index contributed by atoms with van der Waals surface area (Å²) in [5, 5.41) is 22.8. The van der Waals surface area contributed by atoms with E-state index in [0.717, 1.165) is 78.0 Å². The summed E-state index contributed by atoms with van der Waals surface area (Å²) in [5.41, 5.74) is 4.03. The molecule has 5 heterocycles. The molecule has 46 heavy (non-hydrogen) atoms. The molecule has 13 heteroatoms. The number of piperidine rings is 1. The van der Waals surface area contributed by atoms with Crippen LogP contribution < -0.4 is 4.74 Å². The van der Waals surface area contributed by atoms with Crippen molar-refractivity contribution in [2.45, 2.75) is 91.4 Å². The highest BCUT2D eigenvalue weighted by Crippen LogP contribution is 2.50. The maximum atomic E-state index is 12.5. The van der Waals surface area contributed by atoms with E-state index >= 15 is 0 Å². The number of hydrogen-bond acceptors (Lipinski definition) is 10. The number of fused-ring (bicyclic) bond motifs is 3. The summed E-state index contributed by atoms with van der Waals surface area (Å²) in [5.74, 6) is 3.07. The SMILES string of the molecule is Cc1sc2c(c1C)C(c1ccc(OC3CC4(CCN(C(=O)OC(C)(C)C)CC4)C3)cc1)=N[C@@H](Cc1nnn(C)n1)c1nnc(C)n1-2. The molecule has 1 saturated heterocycles. The van der Waals surface area contributed by atoms with Crippen LogP contribution in [-0.2, 0) is 18.2 Å². The molecule has 0 radical (unpaired) electrons. The maximum absolute atomic E-state index is 12.5. The molecule has 242 valence electrons. The van der Waals surface area contributed by atoms with Crippen LogP contribution >= 0.6 is 11.3 Å². The fraction of sp³-hybridized carbons (Fsp3) is 0.545. The lowest BCUT2D eigenvalue weighted by Gasteiger charge is -2.51. The quantitative estimate of drug-likeness (QED) is 0.280. The molecular weight excluding hydrogens is 602 g/mol. The maximum Gasteiger partial charge on any atom is 0.410 e. The van der Waals surface area contributed by atoms with Crippen LogP contribution in [0, 0.1) is 26.2 Å². The van der Waals surface area contributed by atoms with Crippen LogP contribution in [0.2, 0.25) is 0 Å². The molecule has 1 atom stereocenters. The first kappa shape index (κ1) is 30.5. The summed E-state index contributed by atoms with van der Waals surface area (Å²) in [6, 6.07) is 7.99. The average molecular weight is 644 g/mol. The standard InChI is InChI=1S/C33H41N9O3S/c1-19-20(2)46-30-27(19)28(34-25(16-26-36-39-40(7)38-26)29-37-35-21(3)42(29)30)22-8-10-23(11-9-22)44-24-17-33(18-24)12-14-41(15-13-33)31(43)45-32(4,5)6/h8-11,24-25H,12-18H2,1-7H3/t25-/m0/s1. The van der Waals surface area contributed by atoms with Gasteiger partial charge < -0.3 is 14.4 Å². The number of thiophene rings is 1. The highest BCUT2D eigenvalue weighted by Gasteiger charge is 2.48. The zero-order valence-corrected chi connectivity index (χ0v) is 28.4. The van der Waals surface area contributed by atoms with E-state index in [9.17, 15) is 4.79 Å². The molecule has 1 aliphatic carbocycles. The lowest BCUT2D eigenvalue weighted by atomic mass is 9.61. The Hall–Kier alpha value is -4.13. The van der Waals surface area contributed by atoms with Crippen molar-refractivity contribution < 1.29 is 14.3 Å². The van der Waals surface area contributed by atoms with E-state index in [1.165, 1.54) is 15.2 Å². The van der Waals surface area contributed by atoms with Crippen molar-refractivity contribution in [1.29, 1.82) is 0 Å². The molecule has 1 spiro atoms. The summed E-state index contributed by atoms with van der Waals surface area (Å²) in [6.45, 7) is 13.5. The molecule has 3 aromatic heterocycles. The topological polar surface area (TPSA) is 125 Å². The summed E-state index contributed by atoms with van der Waals surface area (Å²) < 4.78 is 14.2. The number of aryl methyl sites for hydroxylation is 3. The van der Waals surface area contributed by atoms with Gasteiger partial charge in [-0.15, -0.1) is 31.7 Å². The number of amides is 1. The lowest BCUT2D eigenvalue weighted by Crippen LogP contribution is -2.52. The minimum atomic E-state index is -0.472. The predicted octanol–water partition coefficient (Wildman–Crippen LogP) is 5.47. The van der Waals surface area contributed by atoms with Crippen molar-refractivity contribution in [3.63, 3.8) is 0 Å². The molecule has 1 aromatic carbocycles. The van der Waals surface area contributed by atoms with E-state index in [0.29, 0.717) is 12.2 Å². The summed E-state index contributed by atoms with van der Waals surface area (Å²) in [6.07, 6.45) is 4.44. The molecule has 3 aliphatic rings. The van der Waals surface area contributed by atoms with Crippen LogP contribution in [0.5, 0.6) is 5.75 Å². The van der Waals surface area contributed by atoms with Crippen LogP contribution in [0.1, 0.15) is 91.5 Å². The Morgan fingerprint density at radius 2 is 1.76 bits per heavy atom. The molecular formula is C33H41N9O3S. The fourth-order valence-electron chi connectivity index (χ4n) is 6.87. The molecule has 1 saturated carbocycles. The van der Waals surface area contributed by atoms with Gasteiger partial charge in [-0.3, -0.25) is 9.56 Å². The summed E-state index contributed by atoms with van der Waals surface area (Å²) in [4.78, 5) is 22.4. The number of benzene rings is 1. The van der Waals surface area contributed by atoms with Crippen molar-refractivity contribution >= 4 is 23.1 Å². The van der Waals surface area contributed by atoms with Crippen LogP contribution in [-0.4, -0.2) is 76.5 Å². The van der Waals surface area contributed by atoms with Gasteiger partial charge in [-0.2, -0.15) is 4.80 Å². The molecule has 7 rings (SSSR count). The van der Waals surface area contributed by atoms with Gasteiger partial charge in [-0.05, 0) is 108 Å². The largest absolute Gasteiger partial charge is 0.490 e. The number of tetrazole rings is 1. The third-order valence-corrected chi connectivity index (χ3v) is 10.6. The van der Waals surface area contributed by atoms with Crippen molar-refractivity contribution in [3.8, 4) is 10.8 Å². The number of carbonyl (C=O) groups is 1. The van der Waals surface area contributed by atoms with Gasteiger partial charge >= 0.3 is 6.09 Å². The predicted molar refractivity (Wildman–Crippen MR) is 174 cm³/mol. The second-order valence-electron chi connectivity index (χ2n) is 13.9. The van der Waals surface area contributed by atoms with Crippen LogP contribution in [0.4, 0.5) is 4.79 Å². The monoisotopic (exact) mass is 643 g/mol. The van der Waals surface area contributed by atoms with Gasteiger partial charge in [0, 0.05) is 35.5 Å². The molecule has 2 fully saturated rings. The van der Waals surface area contributed by atoms with Gasteiger partial charge in [-0.1, -0.05) is 0 Å². The van der Waals surface area contributed by atoms with Crippen LogP contribution in [0.25, 0.3) is 5.00 Å². The Bertz CT molecular complexity index is 1800. The Morgan fingerprint density at radius 3 is 2.41 bits per heavy atom. The number of hydrogen-bond donors (Lipinski definition) is 0. The minimum absolute atomic E-state index is 0.179. The lowest BCUT2D eigenvalue weighted by molar-refractivity contribution is -0.0583. The Labute approximate surface area is 272 Å². The van der Waals surface area contributed by atoms with Crippen molar-refractivity contribution in [1.82, 2.24) is 39.9 Å². The van der Waals surface area contributed by atoms with Gasteiger partial charge in [-0.25, -0.2) is 4.79 Å². The number of aromatic nitrogens is 7. The van der Waals surface area contributed by atoms with Gasteiger partial charge in [0.1, 0.15) is 28.2 Å². The Morgan fingerprint density at radius 1 is 1.04 bits per heavy atom. The van der Waals surface area contributed by atoms with Crippen LogP contribution in [0.15, 0.2) is 29.3 Å². The second-order valence-corrected chi connectivity index (χ2v) is 15.1. The first-order valence-corrected chi connectivity index (χ1v) is 16.8. The number of rotatable bonds is 5. The van der Waals surface area contributed by atoms with Crippen molar-refractivity contribution in [3.05, 3.63) is 63.3 Å². The molecule has 0 bridgehead atoms. The molecule has 1 amide bonds. The highest BCUT2D eigenvalue weighted by molar-refractivity contribution is 7.15. The Balaban J connectivity index is 1.08. The summed E-state index contributed by atoms with van der Waals surface area (Å²) >= 11 is 1.74. The number of carbonyl (C=O) groups excluding carboxylic acids is 1. The number of likely N-dealkylation sites (tertiary alicyclic amines) is 1. The van der Waals surface area contributed by atoms with Crippen molar-refractivity contribution in [2.75, 3.05) is 13.1 Å². The second kappa shape index (κ2) is 11.3. The van der Waals surface area contributed by atoms with E-state index in [2.05, 4.69) is 68.3 Å². The van der Waals surface area contributed by atoms with Gasteiger partial charge in [0.15, 0.2) is 11.6 Å². The summed E-state index contributed by atoms with van der Waals surface area (Å²) in [7, 11) is 1.76. The normalized spacial score (nSPS) is 19.2. The van der Waals surface area contributed by atoms with E-state index < -0.39 is 5.60 Å². The first-order chi connectivity index (χ1) is 21.9. The zero-order valence-electron chi connectivity index (χ0n) is 27.6. The average Bonchev–Trinajstić information content (AvgIpc) is 3.63. The molecule has 4 aromatic rings. The number of nitrogens with zero attached hydrogens (tertiary/aromatic N) is 9. The van der Waals surface area contributed by atoms with Crippen molar-refractivity contribution in [2.24, 2.45) is 17.5 Å². The van der Waals surface area contributed by atoms with E-state index in [1.807, 2.05) is 32.6 Å². The van der Waals surface area contributed by atoms with Gasteiger partial charge in [0.2, 0.25) is 0 Å². The molecule has 2 aliphatic heterocycles.